The quantitative estimate of drug-likeness (QED) is 0.386. The number of nitriles is 1. The Morgan fingerprint density at radius 1 is 1.58 bits per heavy atom. The fourth-order valence-electron chi connectivity index (χ4n) is 1.42. The molecule has 1 heterocycles. The van der Waals surface area contributed by atoms with E-state index in [9.17, 15) is 14.4 Å². The van der Waals surface area contributed by atoms with E-state index >= 15 is 0 Å². The number of alkyl halides is 1. The highest BCUT2D eigenvalue weighted by Crippen LogP contribution is 2.14. The smallest absolute Gasteiger partial charge is 0.327 e. The molecule has 0 amide bonds. The molecule has 1 aromatic heterocycles. The Morgan fingerprint density at radius 2 is 2.21 bits per heavy atom. The van der Waals surface area contributed by atoms with Crippen molar-refractivity contribution >= 4 is 27.7 Å². The van der Waals surface area contributed by atoms with Gasteiger partial charge in [0.1, 0.15) is 11.6 Å². The van der Waals surface area contributed by atoms with E-state index in [0.717, 1.165) is 0 Å². The van der Waals surface area contributed by atoms with Crippen molar-refractivity contribution in [1.82, 2.24) is 4.98 Å². The van der Waals surface area contributed by atoms with Crippen molar-refractivity contribution in [3.05, 3.63) is 33.2 Å². The van der Waals surface area contributed by atoms with Gasteiger partial charge in [-0.05, 0) is 19.9 Å². The lowest BCUT2D eigenvalue weighted by Crippen LogP contribution is -2.28. The molecule has 7 heteroatoms. The molecule has 1 rings (SSSR count). The summed E-state index contributed by atoms with van der Waals surface area (Å²) in [6.07, 6.45) is 0. The number of ether oxygens (including phenoxy) is 1. The molecule has 0 saturated carbocycles. The summed E-state index contributed by atoms with van der Waals surface area (Å²) in [5.74, 6) is -1.28. The number of nitrogens with zero attached hydrogens (tertiary/aromatic N) is 1. The van der Waals surface area contributed by atoms with E-state index in [2.05, 4.69) is 20.9 Å². The average Bonchev–Trinajstić information content (AvgIpc) is 2.37. The molecule has 6 nitrogen and oxygen atoms in total. The van der Waals surface area contributed by atoms with E-state index in [1.54, 1.807) is 13.0 Å². The van der Waals surface area contributed by atoms with Gasteiger partial charge in [0.15, 0.2) is 10.6 Å². The molecule has 1 atom stereocenters. The largest absolute Gasteiger partial charge is 0.465 e. The second-order valence-electron chi connectivity index (χ2n) is 3.64. The Labute approximate surface area is 117 Å². The van der Waals surface area contributed by atoms with E-state index in [0.29, 0.717) is 5.69 Å². The van der Waals surface area contributed by atoms with Gasteiger partial charge in [0.25, 0.3) is 5.56 Å². The Hall–Kier alpha value is -1.94. The molecule has 1 N–H and O–H groups in total. The zero-order chi connectivity index (χ0) is 14.6. The van der Waals surface area contributed by atoms with E-state index in [-0.39, 0.29) is 17.7 Å². The van der Waals surface area contributed by atoms with Gasteiger partial charge in [-0.3, -0.25) is 14.4 Å². The van der Waals surface area contributed by atoms with Gasteiger partial charge < -0.3 is 9.72 Å². The van der Waals surface area contributed by atoms with Crippen molar-refractivity contribution in [2.24, 2.45) is 0 Å². The first-order valence-electron chi connectivity index (χ1n) is 5.41. The minimum atomic E-state index is -1.16. The molecule has 19 heavy (non-hydrogen) atoms. The van der Waals surface area contributed by atoms with Crippen LogP contribution >= 0.6 is 15.9 Å². The number of carbonyl (C=O) groups is 2. The van der Waals surface area contributed by atoms with Crippen LogP contribution in [-0.4, -0.2) is 28.2 Å². The third-order valence-electron chi connectivity index (χ3n) is 2.35. The van der Waals surface area contributed by atoms with Crippen molar-refractivity contribution in [3.8, 4) is 6.07 Å². The SMILES string of the molecule is CCOC(=O)C(Br)C(=O)c1cc(C#N)c(=O)[nH]c1C. The predicted octanol–water partition coefficient (Wildman–Crippen LogP) is 1.06. The van der Waals surface area contributed by atoms with Gasteiger partial charge in [0.05, 0.1) is 6.61 Å². The van der Waals surface area contributed by atoms with Crippen LogP contribution < -0.4 is 5.56 Å². The number of nitrogens with one attached hydrogen (secondary N) is 1. The Balaban J connectivity index is 3.17. The number of carbonyl (C=O) groups excluding carboxylic acids is 2. The fraction of sp³-hybridized carbons (Fsp3) is 0.333. The maximum absolute atomic E-state index is 12.1. The minimum absolute atomic E-state index is 0.103. The maximum Gasteiger partial charge on any atom is 0.327 e. The number of halogens is 1. The monoisotopic (exact) mass is 326 g/mol. The lowest BCUT2D eigenvalue weighted by atomic mass is 10.0. The molecule has 0 saturated heterocycles. The number of hydrogen-bond acceptors (Lipinski definition) is 5. The van der Waals surface area contributed by atoms with Crippen LogP contribution in [0, 0.1) is 18.3 Å². The number of H-pyrrole nitrogens is 1. The topological polar surface area (TPSA) is 100 Å². The van der Waals surface area contributed by atoms with Crippen molar-refractivity contribution < 1.29 is 14.3 Å². The number of esters is 1. The Morgan fingerprint density at radius 3 is 2.74 bits per heavy atom. The van der Waals surface area contributed by atoms with Crippen molar-refractivity contribution in [3.63, 3.8) is 0 Å². The lowest BCUT2D eigenvalue weighted by Gasteiger charge is -2.10. The van der Waals surface area contributed by atoms with Crippen LogP contribution in [0.25, 0.3) is 0 Å². The summed E-state index contributed by atoms with van der Waals surface area (Å²) < 4.78 is 4.72. The number of aromatic amines is 1. The number of aryl methyl sites for hydroxylation is 1. The third-order valence-corrected chi connectivity index (χ3v) is 3.14. The van der Waals surface area contributed by atoms with Gasteiger partial charge in [0.2, 0.25) is 0 Å². The number of rotatable bonds is 4. The third kappa shape index (κ3) is 3.29. The first kappa shape index (κ1) is 15.1. The molecule has 0 bridgehead atoms. The van der Waals surface area contributed by atoms with Crippen LogP contribution in [0.5, 0.6) is 0 Å². The normalized spacial score (nSPS) is 11.5. The molecule has 0 aliphatic heterocycles. The molecule has 0 aliphatic carbocycles. The second kappa shape index (κ2) is 6.29. The molecule has 1 unspecified atom stereocenters. The first-order chi connectivity index (χ1) is 8.92. The number of ketones is 1. The van der Waals surface area contributed by atoms with Crippen LogP contribution in [0.3, 0.4) is 0 Å². The van der Waals surface area contributed by atoms with E-state index in [1.807, 2.05) is 0 Å². The van der Waals surface area contributed by atoms with Gasteiger partial charge >= 0.3 is 5.97 Å². The van der Waals surface area contributed by atoms with Crippen LogP contribution in [0.15, 0.2) is 10.9 Å². The maximum atomic E-state index is 12.1. The van der Waals surface area contributed by atoms with Crippen molar-refractivity contribution in [2.45, 2.75) is 18.7 Å². The fourth-order valence-corrected chi connectivity index (χ4v) is 1.80. The summed E-state index contributed by atoms with van der Waals surface area (Å²) >= 11 is 2.95. The number of hydrogen-bond donors (Lipinski definition) is 1. The Kier molecular flexibility index (Phi) is 5.01. The zero-order valence-electron chi connectivity index (χ0n) is 10.3. The van der Waals surface area contributed by atoms with Crippen molar-refractivity contribution in [1.29, 1.82) is 5.26 Å². The molecular formula is C12H11BrN2O4. The highest BCUT2D eigenvalue weighted by Gasteiger charge is 2.27. The highest BCUT2D eigenvalue weighted by atomic mass is 79.9. The molecule has 0 aliphatic rings. The molecule has 0 spiro atoms. The van der Waals surface area contributed by atoms with Crippen molar-refractivity contribution in [2.75, 3.05) is 6.61 Å². The van der Waals surface area contributed by atoms with Gasteiger partial charge in [-0.1, -0.05) is 15.9 Å². The summed E-state index contributed by atoms with van der Waals surface area (Å²) in [4.78, 5) is 36.1. The van der Waals surface area contributed by atoms with E-state index < -0.39 is 22.1 Å². The van der Waals surface area contributed by atoms with Gasteiger partial charge in [-0.25, -0.2) is 0 Å². The van der Waals surface area contributed by atoms with Crippen LogP contribution in [-0.2, 0) is 9.53 Å². The molecule has 1 aromatic rings. The molecule has 100 valence electrons. The molecular weight excluding hydrogens is 316 g/mol. The van der Waals surface area contributed by atoms with Gasteiger partial charge in [0, 0.05) is 11.3 Å². The summed E-state index contributed by atoms with van der Waals surface area (Å²) in [5.41, 5.74) is -0.356. The standard InChI is InChI=1S/C12H11BrN2O4/c1-3-19-12(18)9(13)10(16)8-4-7(5-14)11(17)15-6(8)2/h4,9H,3H2,1-2H3,(H,15,17). The van der Waals surface area contributed by atoms with Crippen LogP contribution in [0.1, 0.15) is 28.5 Å². The Bertz CT molecular complexity index is 615. The van der Waals surface area contributed by atoms with E-state index in [4.69, 9.17) is 10.00 Å². The summed E-state index contributed by atoms with van der Waals surface area (Å²) in [5, 5.41) is 8.76. The second-order valence-corrected chi connectivity index (χ2v) is 4.56. The van der Waals surface area contributed by atoms with Crippen LogP contribution in [0.2, 0.25) is 0 Å². The van der Waals surface area contributed by atoms with Gasteiger partial charge in [-0.15, -0.1) is 0 Å². The molecule has 0 aromatic carbocycles. The summed E-state index contributed by atoms with van der Waals surface area (Å²) in [6, 6.07) is 2.85. The molecule has 0 fully saturated rings. The summed E-state index contributed by atoms with van der Waals surface area (Å²) in [6.45, 7) is 3.30. The minimum Gasteiger partial charge on any atom is -0.465 e. The first-order valence-corrected chi connectivity index (χ1v) is 6.32. The number of Topliss-reactive ketones (excluding diaryl/α,β-unsaturated/α-hetero) is 1. The average molecular weight is 327 g/mol. The van der Waals surface area contributed by atoms with Crippen LogP contribution in [0.4, 0.5) is 0 Å². The number of pyridine rings is 1. The molecule has 0 radical (unpaired) electrons. The van der Waals surface area contributed by atoms with Gasteiger partial charge in [-0.2, -0.15) is 5.26 Å². The van der Waals surface area contributed by atoms with E-state index in [1.165, 1.54) is 13.0 Å². The zero-order valence-corrected chi connectivity index (χ0v) is 11.9. The summed E-state index contributed by atoms with van der Waals surface area (Å²) in [7, 11) is 0. The number of aromatic nitrogens is 1. The lowest BCUT2D eigenvalue weighted by molar-refractivity contribution is -0.141. The predicted molar refractivity (Wildman–Crippen MR) is 70.2 cm³/mol. The highest BCUT2D eigenvalue weighted by molar-refractivity contribution is 9.10.